The van der Waals surface area contributed by atoms with Gasteiger partial charge in [0.1, 0.15) is 11.5 Å². The van der Waals surface area contributed by atoms with Crippen LogP contribution in [0.15, 0.2) is 22.7 Å². The van der Waals surface area contributed by atoms with E-state index in [2.05, 4.69) is 0 Å². The first-order chi connectivity index (χ1) is 7.40. The topological polar surface area (TPSA) is 115 Å². The third kappa shape index (κ3) is 1.86. The molecule has 0 aromatic carbocycles. The Kier molecular flexibility index (Phi) is 3.22. The van der Waals surface area contributed by atoms with Crippen LogP contribution in [0, 0.1) is 5.92 Å². The highest BCUT2D eigenvalue weighted by molar-refractivity contribution is 5.93. The predicted octanol–water partition coefficient (Wildman–Crippen LogP) is 1.21. The van der Waals surface area contributed by atoms with E-state index in [1.807, 2.05) is 0 Å². The molecule has 0 fully saturated rings. The third-order valence-corrected chi connectivity index (χ3v) is 2.54. The maximum atomic E-state index is 10.9. The fraction of sp³-hybridized carbons (Fsp3) is 0.400. The standard InChI is InChI=1S/C10H12O6/c1-2-4-7(10(15)16)6(11)3-5(8(4)12)9(13)14/h4,11-12H,2-3H2,1H3,(H,13,14)(H,15,16). The van der Waals surface area contributed by atoms with Gasteiger partial charge in [-0.3, -0.25) is 0 Å². The van der Waals surface area contributed by atoms with Crippen molar-refractivity contribution in [2.45, 2.75) is 19.8 Å². The van der Waals surface area contributed by atoms with E-state index in [1.165, 1.54) is 0 Å². The van der Waals surface area contributed by atoms with E-state index >= 15 is 0 Å². The Hall–Kier alpha value is -1.98. The van der Waals surface area contributed by atoms with Gasteiger partial charge in [-0.1, -0.05) is 6.92 Å². The van der Waals surface area contributed by atoms with Crippen LogP contribution in [-0.4, -0.2) is 32.4 Å². The van der Waals surface area contributed by atoms with E-state index in [0.717, 1.165) is 0 Å². The van der Waals surface area contributed by atoms with Crippen molar-refractivity contribution in [3.05, 3.63) is 22.7 Å². The number of carbonyl (C=O) groups is 2. The first kappa shape index (κ1) is 12.1. The molecule has 4 N–H and O–H groups in total. The number of allylic oxidation sites excluding steroid dienone is 2. The quantitative estimate of drug-likeness (QED) is 0.577. The molecule has 6 nitrogen and oxygen atoms in total. The molecule has 1 aliphatic carbocycles. The van der Waals surface area contributed by atoms with Gasteiger partial charge in [0.05, 0.1) is 17.1 Å². The lowest BCUT2D eigenvalue weighted by atomic mass is 9.84. The van der Waals surface area contributed by atoms with Gasteiger partial charge in [-0.05, 0) is 6.42 Å². The van der Waals surface area contributed by atoms with Gasteiger partial charge in [-0.25, -0.2) is 9.59 Å². The summed E-state index contributed by atoms with van der Waals surface area (Å²) in [5.74, 6) is -4.65. The summed E-state index contributed by atoms with van der Waals surface area (Å²) in [5, 5.41) is 36.7. The van der Waals surface area contributed by atoms with E-state index in [4.69, 9.17) is 10.2 Å². The van der Waals surface area contributed by atoms with Gasteiger partial charge < -0.3 is 20.4 Å². The van der Waals surface area contributed by atoms with Gasteiger partial charge in [0, 0.05) is 6.42 Å². The minimum Gasteiger partial charge on any atom is -0.511 e. The van der Waals surface area contributed by atoms with Crippen molar-refractivity contribution in [2.24, 2.45) is 5.92 Å². The van der Waals surface area contributed by atoms with E-state index in [1.54, 1.807) is 6.92 Å². The van der Waals surface area contributed by atoms with Crippen LogP contribution in [-0.2, 0) is 9.59 Å². The molecule has 0 radical (unpaired) electrons. The SMILES string of the molecule is CCC1C(O)=C(C(=O)O)CC(O)=C1C(=O)O. The second-order valence-electron chi connectivity index (χ2n) is 3.47. The van der Waals surface area contributed by atoms with E-state index in [-0.39, 0.29) is 17.6 Å². The third-order valence-electron chi connectivity index (χ3n) is 2.54. The highest BCUT2D eigenvalue weighted by atomic mass is 16.4. The summed E-state index contributed by atoms with van der Waals surface area (Å²) >= 11 is 0. The zero-order valence-corrected chi connectivity index (χ0v) is 8.60. The van der Waals surface area contributed by atoms with Gasteiger partial charge in [0.2, 0.25) is 0 Å². The summed E-state index contributed by atoms with van der Waals surface area (Å²) in [4.78, 5) is 21.6. The molecular weight excluding hydrogens is 216 g/mol. The number of carboxylic acids is 2. The Morgan fingerprint density at radius 1 is 1.25 bits per heavy atom. The molecular formula is C10H12O6. The highest BCUT2D eigenvalue weighted by Gasteiger charge is 2.35. The van der Waals surface area contributed by atoms with E-state index in [0.29, 0.717) is 0 Å². The number of hydrogen-bond acceptors (Lipinski definition) is 4. The Morgan fingerprint density at radius 2 is 1.81 bits per heavy atom. The predicted molar refractivity (Wildman–Crippen MR) is 53.0 cm³/mol. The van der Waals surface area contributed by atoms with Gasteiger partial charge in [-0.2, -0.15) is 0 Å². The van der Waals surface area contributed by atoms with Crippen molar-refractivity contribution in [1.29, 1.82) is 0 Å². The molecule has 88 valence electrons. The molecule has 1 rings (SSSR count). The van der Waals surface area contributed by atoms with Crippen LogP contribution in [0.2, 0.25) is 0 Å². The summed E-state index contributed by atoms with van der Waals surface area (Å²) in [6.07, 6.45) is -0.256. The lowest BCUT2D eigenvalue weighted by molar-refractivity contribution is -0.135. The lowest BCUT2D eigenvalue weighted by Crippen LogP contribution is -2.24. The molecule has 1 unspecified atom stereocenters. The average molecular weight is 228 g/mol. The monoisotopic (exact) mass is 228 g/mol. The number of hydrogen-bond donors (Lipinski definition) is 4. The van der Waals surface area contributed by atoms with E-state index < -0.39 is 35.8 Å². The highest BCUT2D eigenvalue weighted by Crippen LogP contribution is 2.34. The second kappa shape index (κ2) is 4.26. The van der Waals surface area contributed by atoms with Crippen LogP contribution in [0.5, 0.6) is 0 Å². The van der Waals surface area contributed by atoms with Gasteiger partial charge >= 0.3 is 11.9 Å². The van der Waals surface area contributed by atoms with Crippen molar-refractivity contribution >= 4 is 11.9 Å². The van der Waals surface area contributed by atoms with Crippen molar-refractivity contribution in [3.63, 3.8) is 0 Å². The maximum Gasteiger partial charge on any atom is 0.335 e. The van der Waals surface area contributed by atoms with Crippen LogP contribution >= 0.6 is 0 Å². The minimum absolute atomic E-state index is 0.203. The molecule has 0 aliphatic heterocycles. The molecule has 1 atom stereocenters. The number of aliphatic carboxylic acids is 2. The van der Waals surface area contributed by atoms with E-state index in [9.17, 15) is 19.8 Å². The molecule has 0 bridgehead atoms. The van der Waals surface area contributed by atoms with Gasteiger partial charge in [0.15, 0.2) is 0 Å². The minimum atomic E-state index is -1.35. The smallest absolute Gasteiger partial charge is 0.335 e. The molecule has 0 aromatic heterocycles. The Balaban J connectivity index is 3.25. The molecule has 0 spiro atoms. The van der Waals surface area contributed by atoms with Crippen molar-refractivity contribution in [3.8, 4) is 0 Å². The summed E-state index contributed by atoms with van der Waals surface area (Å²) in [6.45, 7) is 1.60. The molecule has 0 aromatic rings. The van der Waals surface area contributed by atoms with Crippen molar-refractivity contribution < 1.29 is 30.0 Å². The summed E-state index contributed by atoms with van der Waals surface area (Å²) in [6, 6.07) is 0. The Morgan fingerprint density at radius 3 is 2.19 bits per heavy atom. The van der Waals surface area contributed by atoms with Crippen molar-refractivity contribution in [2.75, 3.05) is 0 Å². The average Bonchev–Trinajstić information content (AvgIpc) is 2.19. The zero-order valence-electron chi connectivity index (χ0n) is 8.60. The summed E-state index contributed by atoms with van der Waals surface area (Å²) < 4.78 is 0. The summed E-state index contributed by atoms with van der Waals surface area (Å²) in [5.41, 5.74) is -0.681. The van der Waals surface area contributed by atoms with Crippen LogP contribution in [0.4, 0.5) is 0 Å². The maximum absolute atomic E-state index is 10.9. The zero-order chi connectivity index (χ0) is 12.5. The fourth-order valence-electron chi connectivity index (χ4n) is 1.76. The Bertz CT molecular complexity index is 404. The molecule has 0 heterocycles. The van der Waals surface area contributed by atoms with Crippen LogP contribution in [0.1, 0.15) is 19.8 Å². The van der Waals surface area contributed by atoms with Crippen LogP contribution < -0.4 is 0 Å². The first-order valence-corrected chi connectivity index (χ1v) is 4.70. The first-order valence-electron chi connectivity index (χ1n) is 4.70. The fourth-order valence-corrected chi connectivity index (χ4v) is 1.76. The molecule has 1 aliphatic rings. The van der Waals surface area contributed by atoms with Crippen LogP contribution in [0.25, 0.3) is 0 Å². The number of rotatable bonds is 3. The van der Waals surface area contributed by atoms with Crippen molar-refractivity contribution in [1.82, 2.24) is 0 Å². The number of aliphatic hydroxyl groups is 2. The molecule has 0 amide bonds. The molecule has 0 saturated heterocycles. The second-order valence-corrected chi connectivity index (χ2v) is 3.47. The normalized spacial score (nSPS) is 21.2. The molecule has 16 heavy (non-hydrogen) atoms. The van der Waals surface area contributed by atoms with Crippen LogP contribution in [0.3, 0.4) is 0 Å². The summed E-state index contributed by atoms with van der Waals surface area (Å²) in [7, 11) is 0. The van der Waals surface area contributed by atoms with Gasteiger partial charge in [-0.15, -0.1) is 0 Å². The van der Waals surface area contributed by atoms with Gasteiger partial charge in [0.25, 0.3) is 0 Å². The number of carboxylic acid groups (broad SMARTS) is 2. The Labute approximate surface area is 91.1 Å². The number of aliphatic hydroxyl groups excluding tert-OH is 2. The lowest BCUT2D eigenvalue weighted by Gasteiger charge is -2.23. The largest absolute Gasteiger partial charge is 0.511 e. The molecule has 6 heteroatoms. The molecule has 0 saturated carbocycles.